The topological polar surface area (TPSA) is 76.5 Å². The fourth-order valence-corrected chi connectivity index (χ4v) is 2.39. The first-order valence-electron chi connectivity index (χ1n) is 5.05. The van der Waals surface area contributed by atoms with Gasteiger partial charge >= 0.3 is 5.97 Å². The maximum Gasteiger partial charge on any atom is 0.372 e. The van der Waals surface area contributed by atoms with Crippen LogP contribution in [-0.4, -0.2) is 11.1 Å². The van der Waals surface area contributed by atoms with Crippen LogP contribution in [0.2, 0.25) is 0 Å². The van der Waals surface area contributed by atoms with Gasteiger partial charge in [0.25, 0.3) is 0 Å². The van der Waals surface area contributed by atoms with Gasteiger partial charge in [0.05, 0.1) is 6.26 Å². The molecule has 94 valence electrons. The molecule has 1 heterocycles. The van der Waals surface area contributed by atoms with E-state index in [0.29, 0.717) is 21.9 Å². The molecule has 4 nitrogen and oxygen atoms in total. The van der Waals surface area contributed by atoms with Crippen LogP contribution >= 0.6 is 11.8 Å². The molecule has 6 heteroatoms. The number of nitrogens with two attached hydrogens (primary N) is 1. The van der Waals surface area contributed by atoms with Crippen molar-refractivity contribution >= 4 is 23.4 Å². The van der Waals surface area contributed by atoms with Crippen molar-refractivity contribution in [2.24, 2.45) is 0 Å². The predicted molar refractivity (Wildman–Crippen MR) is 66.0 cm³/mol. The maximum absolute atomic E-state index is 13.0. The van der Waals surface area contributed by atoms with E-state index in [4.69, 9.17) is 15.3 Å². The molecule has 0 fully saturated rings. The van der Waals surface area contributed by atoms with Crippen LogP contribution in [0, 0.1) is 5.82 Å². The Balaban J connectivity index is 2.14. The summed E-state index contributed by atoms with van der Waals surface area (Å²) in [5.41, 5.74) is 6.70. The highest BCUT2D eigenvalue weighted by Gasteiger charge is 2.14. The lowest BCUT2D eigenvalue weighted by Gasteiger charge is -2.04. The number of carboxylic acids is 1. The van der Waals surface area contributed by atoms with E-state index in [1.54, 1.807) is 6.07 Å². The number of benzene rings is 1. The summed E-state index contributed by atoms with van der Waals surface area (Å²) in [5.74, 6) is -1.25. The van der Waals surface area contributed by atoms with Crippen molar-refractivity contribution in [2.45, 2.75) is 10.6 Å². The summed E-state index contributed by atoms with van der Waals surface area (Å²) in [5, 5.41) is 8.86. The van der Waals surface area contributed by atoms with Gasteiger partial charge in [0, 0.05) is 21.9 Å². The molecule has 0 saturated heterocycles. The molecular weight excluding hydrogens is 257 g/mol. The fourth-order valence-electron chi connectivity index (χ4n) is 1.43. The molecule has 0 atom stereocenters. The van der Waals surface area contributed by atoms with E-state index in [1.165, 1.54) is 36.2 Å². The van der Waals surface area contributed by atoms with Gasteiger partial charge in [-0.3, -0.25) is 0 Å². The zero-order chi connectivity index (χ0) is 13.1. The van der Waals surface area contributed by atoms with Crippen LogP contribution in [-0.2, 0) is 5.75 Å². The number of halogens is 1. The molecule has 2 rings (SSSR count). The molecule has 0 spiro atoms. The normalized spacial score (nSPS) is 10.5. The predicted octanol–water partition coefficient (Wildman–Crippen LogP) is 2.99. The van der Waals surface area contributed by atoms with Crippen molar-refractivity contribution in [1.29, 1.82) is 0 Å². The minimum atomic E-state index is -1.12. The first kappa shape index (κ1) is 12.5. The van der Waals surface area contributed by atoms with E-state index in [0.717, 1.165) is 0 Å². The smallest absolute Gasteiger partial charge is 0.372 e. The largest absolute Gasteiger partial charge is 0.475 e. The van der Waals surface area contributed by atoms with Gasteiger partial charge in [0.15, 0.2) is 0 Å². The van der Waals surface area contributed by atoms with Crippen molar-refractivity contribution in [1.82, 2.24) is 0 Å². The second-order valence-electron chi connectivity index (χ2n) is 3.55. The van der Waals surface area contributed by atoms with Crippen molar-refractivity contribution in [3.8, 4) is 0 Å². The molecule has 2 aromatic rings. The number of carboxylic acid groups (broad SMARTS) is 1. The number of hydrogen-bond acceptors (Lipinski definition) is 4. The van der Waals surface area contributed by atoms with Crippen molar-refractivity contribution in [3.63, 3.8) is 0 Å². The van der Waals surface area contributed by atoms with E-state index >= 15 is 0 Å². The zero-order valence-corrected chi connectivity index (χ0v) is 10.0. The van der Waals surface area contributed by atoms with Crippen LogP contribution in [0.1, 0.15) is 16.1 Å². The molecular formula is C12H10FNO3S. The number of nitrogen functional groups attached to an aromatic ring is 1. The number of aromatic carboxylic acids is 1. The van der Waals surface area contributed by atoms with Crippen molar-refractivity contribution < 1.29 is 18.7 Å². The summed E-state index contributed by atoms with van der Waals surface area (Å²) in [7, 11) is 0. The summed E-state index contributed by atoms with van der Waals surface area (Å²) in [6, 6.07) is 5.65. The highest BCUT2D eigenvalue weighted by molar-refractivity contribution is 7.98. The maximum atomic E-state index is 13.0. The summed E-state index contributed by atoms with van der Waals surface area (Å²) in [6.45, 7) is 0. The highest BCUT2D eigenvalue weighted by atomic mass is 32.2. The molecule has 1 aromatic heterocycles. The second-order valence-corrected chi connectivity index (χ2v) is 4.57. The van der Waals surface area contributed by atoms with Crippen LogP contribution in [0.3, 0.4) is 0 Å². The molecule has 3 N–H and O–H groups in total. The lowest BCUT2D eigenvalue weighted by Crippen LogP contribution is -1.98. The lowest BCUT2D eigenvalue weighted by molar-refractivity contribution is 0.0661. The third kappa shape index (κ3) is 2.65. The Labute approximate surface area is 107 Å². The Bertz CT molecular complexity index is 582. The number of furan rings is 1. The average molecular weight is 267 g/mol. The Morgan fingerprint density at radius 2 is 2.22 bits per heavy atom. The van der Waals surface area contributed by atoms with Gasteiger partial charge < -0.3 is 15.3 Å². The molecule has 0 aliphatic carbocycles. The van der Waals surface area contributed by atoms with Crippen LogP contribution in [0.25, 0.3) is 0 Å². The van der Waals surface area contributed by atoms with Crippen LogP contribution in [0.15, 0.2) is 39.8 Å². The summed E-state index contributed by atoms with van der Waals surface area (Å²) in [6.07, 6.45) is 1.31. The van der Waals surface area contributed by atoms with Gasteiger partial charge in [-0.05, 0) is 24.3 Å². The average Bonchev–Trinajstić information content (AvgIpc) is 2.79. The van der Waals surface area contributed by atoms with E-state index in [9.17, 15) is 9.18 Å². The Kier molecular flexibility index (Phi) is 3.57. The standard InChI is InChI=1S/C12H10FNO3S/c13-8-1-2-9(14)10(5-8)18-6-7-3-4-17-11(7)12(15)16/h1-5H,6,14H2,(H,15,16). The molecule has 0 bridgehead atoms. The Morgan fingerprint density at radius 3 is 2.94 bits per heavy atom. The summed E-state index contributed by atoms with van der Waals surface area (Å²) in [4.78, 5) is 11.4. The molecule has 1 aromatic carbocycles. The van der Waals surface area contributed by atoms with Gasteiger partial charge in [-0.2, -0.15) is 0 Å². The van der Waals surface area contributed by atoms with Crippen LogP contribution < -0.4 is 5.73 Å². The minimum absolute atomic E-state index is 0.0996. The summed E-state index contributed by atoms with van der Waals surface area (Å²) < 4.78 is 17.9. The first-order valence-corrected chi connectivity index (χ1v) is 6.04. The minimum Gasteiger partial charge on any atom is -0.475 e. The van der Waals surface area contributed by atoms with Crippen LogP contribution in [0.4, 0.5) is 10.1 Å². The van der Waals surface area contributed by atoms with Crippen LogP contribution in [0.5, 0.6) is 0 Å². The number of carbonyl (C=O) groups is 1. The lowest BCUT2D eigenvalue weighted by atomic mass is 10.3. The van der Waals surface area contributed by atoms with Crippen molar-refractivity contribution in [3.05, 3.63) is 47.7 Å². The molecule has 0 radical (unpaired) electrons. The molecule has 0 amide bonds. The van der Waals surface area contributed by atoms with Gasteiger partial charge in [-0.1, -0.05) is 0 Å². The number of anilines is 1. The van der Waals surface area contributed by atoms with Gasteiger partial charge in [0.1, 0.15) is 5.82 Å². The van der Waals surface area contributed by atoms with E-state index < -0.39 is 5.97 Å². The zero-order valence-electron chi connectivity index (χ0n) is 9.22. The Hall–Kier alpha value is -1.95. The van der Waals surface area contributed by atoms with E-state index in [1.807, 2.05) is 0 Å². The summed E-state index contributed by atoms with van der Waals surface area (Å²) >= 11 is 1.26. The van der Waals surface area contributed by atoms with Gasteiger partial charge in [-0.25, -0.2) is 9.18 Å². The van der Waals surface area contributed by atoms with E-state index in [2.05, 4.69) is 0 Å². The molecule has 0 unspecified atom stereocenters. The third-order valence-corrected chi connectivity index (χ3v) is 3.42. The van der Waals surface area contributed by atoms with E-state index in [-0.39, 0.29) is 11.6 Å². The third-order valence-electron chi connectivity index (χ3n) is 2.30. The second kappa shape index (κ2) is 5.14. The Morgan fingerprint density at radius 1 is 1.44 bits per heavy atom. The number of rotatable bonds is 4. The fraction of sp³-hybridized carbons (Fsp3) is 0.0833. The molecule has 0 aliphatic rings. The number of hydrogen-bond donors (Lipinski definition) is 2. The number of thioether (sulfide) groups is 1. The highest BCUT2D eigenvalue weighted by Crippen LogP contribution is 2.30. The van der Waals surface area contributed by atoms with Crippen molar-refractivity contribution in [2.75, 3.05) is 5.73 Å². The quantitative estimate of drug-likeness (QED) is 0.657. The molecule has 0 saturated carbocycles. The molecule has 18 heavy (non-hydrogen) atoms. The first-order chi connectivity index (χ1) is 8.58. The van der Waals surface area contributed by atoms with Gasteiger partial charge in [-0.15, -0.1) is 11.8 Å². The monoisotopic (exact) mass is 267 g/mol. The van der Waals surface area contributed by atoms with Gasteiger partial charge in [0.2, 0.25) is 5.76 Å². The SMILES string of the molecule is Nc1ccc(F)cc1SCc1ccoc1C(=O)O. The molecule has 0 aliphatic heterocycles.